The molecule has 1 aliphatic carbocycles. The molecule has 1 aromatic rings. The Labute approximate surface area is 131 Å². The topological polar surface area (TPSA) is 15.3 Å². The lowest BCUT2D eigenvalue weighted by Gasteiger charge is -2.36. The van der Waals surface area contributed by atoms with Gasteiger partial charge < -0.3 is 5.32 Å². The van der Waals surface area contributed by atoms with Gasteiger partial charge in [0, 0.05) is 22.7 Å². The van der Waals surface area contributed by atoms with E-state index in [1.807, 2.05) is 13.1 Å². The van der Waals surface area contributed by atoms with Gasteiger partial charge in [-0.25, -0.2) is 4.39 Å². The number of halogens is 2. The molecule has 2 aliphatic rings. The van der Waals surface area contributed by atoms with E-state index < -0.39 is 0 Å². The van der Waals surface area contributed by atoms with Gasteiger partial charge in [0.15, 0.2) is 0 Å². The van der Waals surface area contributed by atoms with Gasteiger partial charge in [-0.1, -0.05) is 24.1 Å². The van der Waals surface area contributed by atoms with Crippen molar-refractivity contribution in [1.29, 1.82) is 0 Å². The second-order valence-corrected chi connectivity index (χ2v) is 6.77. The number of rotatable bonds is 4. The molecule has 1 aromatic carbocycles. The normalized spacial score (nSPS) is 27.6. The van der Waals surface area contributed by atoms with Crippen LogP contribution >= 0.6 is 11.6 Å². The van der Waals surface area contributed by atoms with Gasteiger partial charge >= 0.3 is 0 Å². The van der Waals surface area contributed by atoms with E-state index in [0.717, 1.165) is 19.5 Å². The largest absolute Gasteiger partial charge is 0.319 e. The predicted octanol–water partition coefficient (Wildman–Crippen LogP) is 4.00. The van der Waals surface area contributed by atoms with Crippen LogP contribution in [0.5, 0.6) is 0 Å². The van der Waals surface area contributed by atoms with Crippen molar-refractivity contribution in [1.82, 2.24) is 10.2 Å². The van der Waals surface area contributed by atoms with Gasteiger partial charge in [0.2, 0.25) is 0 Å². The van der Waals surface area contributed by atoms with Crippen LogP contribution in [0.25, 0.3) is 0 Å². The van der Waals surface area contributed by atoms with Gasteiger partial charge in [-0.05, 0) is 63.9 Å². The highest BCUT2D eigenvalue weighted by atomic mass is 35.5. The summed E-state index contributed by atoms with van der Waals surface area (Å²) in [7, 11) is 1.98. The quantitative estimate of drug-likeness (QED) is 0.904. The second-order valence-electron chi connectivity index (χ2n) is 6.36. The summed E-state index contributed by atoms with van der Waals surface area (Å²) in [5.74, 6) is 0.272. The zero-order valence-corrected chi connectivity index (χ0v) is 13.4. The Morgan fingerprint density at radius 2 is 2.10 bits per heavy atom. The van der Waals surface area contributed by atoms with E-state index in [4.69, 9.17) is 11.6 Å². The van der Waals surface area contributed by atoms with Crippen LogP contribution < -0.4 is 5.32 Å². The first-order chi connectivity index (χ1) is 10.2. The SMILES string of the molecule is CNCC1CCCCN(C2CC2)C1c1c(F)cccc1Cl. The molecule has 3 rings (SSSR count). The monoisotopic (exact) mass is 310 g/mol. The fourth-order valence-corrected chi connectivity index (χ4v) is 4.03. The van der Waals surface area contributed by atoms with Gasteiger partial charge in [0.1, 0.15) is 5.82 Å². The smallest absolute Gasteiger partial charge is 0.129 e. The van der Waals surface area contributed by atoms with Crippen molar-refractivity contribution in [2.45, 2.75) is 44.2 Å². The average molecular weight is 311 g/mol. The Hall–Kier alpha value is -0.640. The summed E-state index contributed by atoms with van der Waals surface area (Å²) in [4.78, 5) is 2.53. The summed E-state index contributed by atoms with van der Waals surface area (Å²) in [6, 6.07) is 5.82. The first-order valence-corrected chi connectivity index (χ1v) is 8.44. The van der Waals surface area contributed by atoms with Crippen molar-refractivity contribution in [2.24, 2.45) is 5.92 Å². The van der Waals surface area contributed by atoms with E-state index >= 15 is 0 Å². The first kappa shape index (κ1) is 15.3. The number of likely N-dealkylation sites (tertiary alicyclic amines) is 1. The molecule has 4 heteroatoms. The molecule has 0 amide bonds. The molecule has 1 N–H and O–H groups in total. The predicted molar refractivity (Wildman–Crippen MR) is 85.1 cm³/mol. The third-order valence-corrected chi connectivity index (χ3v) is 5.15. The maximum absolute atomic E-state index is 14.5. The van der Waals surface area contributed by atoms with Crippen molar-refractivity contribution in [3.63, 3.8) is 0 Å². The minimum atomic E-state index is -0.152. The van der Waals surface area contributed by atoms with Gasteiger partial charge in [-0.3, -0.25) is 4.90 Å². The lowest BCUT2D eigenvalue weighted by Crippen LogP contribution is -2.38. The molecule has 2 nitrogen and oxygen atoms in total. The van der Waals surface area contributed by atoms with Crippen LogP contribution in [0.3, 0.4) is 0 Å². The molecule has 2 atom stereocenters. The summed E-state index contributed by atoms with van der Waals surface area (Å²) < 4.78 is 14.5. The number of hydrogen-bond acceptors (Lipinski definition) is 2. The number of nitrogens with one attached hydrogen (secondary N) is 1. The van der Waals surface area contributed by atoms with Crippen LogP contribution in [0.15, 0.2) is 18.2 Å². The molecule has 0 spiro atoms. The molecular weight excluding hydrogens is 287 g/mol. The van der Waals surface area contributed by atoms with Gasteiger partial charge in [0.25, 0.3) is 0 Å². The molecule has 2 unspecified atom stereocenters. The lowest BCUT2D eigenvalue weighted by atomic mass is 9.88. The Bertz CT molecular complexity index is 469. The third kappa shape index (κ3) is 3.25. The zero-order chi connectivity index (χ0) is 14.8. The van der Waals surface area contributed by atoms with Crippen molar-refractivity contribution in [3.8, 4) is 0 Å². The van der Waals surface area contributed by atoms with E-state index in [2.05, 4.69) is 10.2 Å². The third-order valence-electron chi connectivity index (χ3n) is 4.82. The Balaban J connectivity index is 2.01. The van der Waals surface area contributed by atoms with Crippen LogP contribution in [0.4, 0.5) is 4.39 Å². The minimum absolute atomic E-state index is 0.112. The average Bonchev–Trinajstić information content (AvgIpc) is 3.27. The van der Waals surface area contributed by atoms with Gasteiger partial charge in [-0.2, -0.15) is 0 Å². The van der Waals surface area contributed by atoms with Crippen LogP contribution in [-0.2, 0) is 0 Å². The first-order valence-electron chi connectivity index (χ1n) is 8.06. The summed E-state index contributed by atoms with van der Waals surface area (Å²) in [5.41, 5.74) is 0.716. The van der Waals surface area contributed by atoms with E-state index in [-0.39, 0.29) is 11.9 Å². The van der Waals surface area contributed by atoms with Crippen LogP contribution in [-0.4, -0.2) is 31.1 Å². The van der Waals surface area contributed by atoms with Crippen molar-refractivity contribution >= 4 is 11.6 Å². The maximum atomic E-state index is 14.5. The van der Waals surface area contributed by atoms with Crippen molar-refractivity contribution in [3.05, 3.63) is 34.6 Å². The fourth-order valence-electron chi connectivity index (χ4n) is 3.76. The molecule has 0 bridgehead atoms. The molecule has 0 radical (unpaired) electrons. The fraction of sp³-hybridized carbons (Fsp3) is 0.647. The molecule has 116 valence electrons. The van der Waals surface area contributed by atoms with Crippen molar-refractivity contribution < 1.29 is 4.39 Å². The second kappa shape index (κ2) is 6.64. The molecule has 1 saturated heterocycles. The van der Waals surface area contributed by atoms with Crippen LogP contribution in [0.2, 0.25) is 5.02 Å². The van der Waals surface area contributed by atoms with E-state index in [1.54, 1.807) is 12.1 Å². The molecule has 0 aromatic heterocycles. The molecule has 1 heterocycles. The standard InChI is InChI=1S/C17H24ClFN2/c1-20-11-12-5-2-3-10-21(13-8-9-13)17(12)16-14(18)6-4-7-15(16)19/h4,6-7,12-13,17,20H,2-3,5,8-11H2,1H3. The van der Waals surface area contributed by atoms with Gasteiger partial charge in [0.05, 0.1) is 0 Å². The number of hydrogen-bond donors (Lipinski definition) is 1. The molecule has 1 saturated carbocycles. The Morgan fingerprint density at radius 3 is 2.76 bits per heavy atom. The van der Waals surface area contributed by atoms with E-state index in [9.17, 15) is 4.39 Å². The summed E-state index contributed by atoms with van der Waals surface area (Å²) in [6.45, 7) is 1.98. The Morgan fingerprint density at radius 1 is 1.29 bits per heavy atom. The molecular formula is C17H24ClFN2. The van der Waals surface area contributed by atoms with Crippen molar-refractivity contribution in [2.75, 3.05) is 20.1 Å². The summed E-state index contributed by atoms with van der Waals surface area (Å²) in [5, 5.41) is 3.87. The van der Waals surface area contributed by atoms with Crippen LogP contribution in [0.1, 0.15) is 43.7 Å². The van der Waals surface area contributed by atoms with E-state index in [0.29, 0.717) is 22.5 Å². The number of benzene rings is 1. The molecule has 1 aliphatic heterocycles. The highest BCUT2D eigenvalue weighted by Gasteiger charge is 2.40. The Kier molecular flexibility index (Phi) is 4.82. The highest BCUT2D eigenvalue weighted by Crippen LogP contribution is 2.44. The van der Waals surface area contributed by atoms with Gasteiger partial charge in [-0.15, -0.1) is 0 Å². The minimum Gasteiger partial charge on any atom is -0.319 e. The molecule has 2 fully saturated rings. The summed E-state index contributed by atoms with van der Waals surface area (Å²) in [6.07, 6.45) is 6.06. The highest BCUT2D eigenvalue weighted by molar-refractivity contribution is 6.31. The summed E-state index contributed by atoms with van der Waals surface area (Å²) >= 11 is 6.38. The van der Waals surface area contributed by atoms with Crippen LogP contribution in [0, 0.1) is 11.7 Å². The zero-order valence-electron chi connectivity index (χ0n) is 12.6. The molecule has 21 heavy (non-hydrogen) atoms. The number of nitrogens with zero attached hydrogens (tertiary/aromatic N) is 1. The van der Waals surface area contributed by atoms with E-state index in [1.165, 1.54) is 25.7 Å². The maximum Gasteiger partial charge on any atom is 0.129 e. The lowest BCUT2D eigenvalue weighted by molar-refractivity contribution is 0.142.